The molecule has 0 aliphatic rings. The van der Waals surface area contributed by atoms with Crippen molar-refractivity contribution in [2.45, 2.75) is 97.8 Å². The van der Waals surface area contributed by atoms with Gasteiger partial charge in [0.2, 0.25) is 0 Å². The Morgan fingerprint density at radius 2 is 1.29 bits per heavy atom. The van der Waals surface area contributed by atoms with Gasteiger partial charge in [-0.2, -0.15) is 11.3 Å². The van der Waals surface area contributed by atoms with Gasteiger partial charge in [0.25, 0.3) is 0 Å². The van der Waals surface area contributed by atoms with Crippen molar-refractivity contribution in [1.29, 1.82) is 0 Å². The van der Waals surface area contributed by atoms with E-state index in [4.69, 9.17) is 0 Å². The van der Waals surface area contributed by atoms with Crippen molar-refractivity contribution in [1.82, 2.24) is 0 Å². The van der Waals surface area contributed by atoms with Crippen LogP contribution in [0.2, 0.25) is 0 Å². The van der Waals surface area contributed by atoms with Gasteiger partial charge in [0.1, 0.15) is 0 Å². The third-order valence-corrected chi connectivity index (χ3v) is 5.10. The molecule has 0 unspecified atom stereocenters. The fraction of sp³-hybridized carbons (Fsp3) is 0.800. The summed E-state index contributed by atoms with van der Waals surface area (Å²) >= 11 is 1.89. The second-order valence-electron chi connectivity index (χ2n) is 6.95. The van der Waals surface area contributed by atoms with Crippen LogP contribution in [0.4, 0.5) is 0 Å². The average molecular weight is 309 g/mol. The Morgan fingerprint density at radius 3 is 1.86 bits per heavy atom. The van der Waals surface area contributed by atoms with Crippen LogP contribution in [-0.4, -0.2) is 0 Å². The van der Waals surface area contributed by atoms with Gasteiger partial charge in [-0.15, -0.1) is 0 Å². The first-order chi connectivity index (χ1) is 10.2. The fourth-order valence-corrected chi connectivity index (χ4v) is 3.90. The van der Waals surface area contributed by atoms with Crippen LogP contribution in [0, 0.1) is 5.92 Å². The maximum Gasteiger partial charge on any atom is -0.00583 e. The largest absolute Gasteiger partial charge is 0.152 e. The van der Waals surface area contributed by atoms with Crippen LogP contribution >= 0.6 is 11.3 Å². The molecular weight excluding hydrogens is 272 g/mol. The van der Waals surface area contributed by atoms with Crippen molar-refractivity contribution in [2.24, 2.45) is 5.92 Å². The summed E-state index contributed by atoms with van der Waals surface area (Å²) in [4.78, 5) is 0. The SMILES string of the molecule is CCCCCCCCCCCCc1cscc1CC(C)C. The van der Waals surface area contributed by atoms with Crippen LogP contribution < -0.4 is 0 Å². The second kappa shape index (κ2) is 12.3. The number of rotatable bonds is 13. The highest BCUT2D eigenvalue weighted by Crippen LogP contribution is 2.21. The monoisotopic (exact) mass is 308 g/mol. The molecule has 0 amide bonds. The van der Waals surface area contributed by atoms with E-state index in [0.29, 0.717) is 0 Å². The van der Waals surface area contributed by atoms with Crippen LogP contribution in [0.1, 0.15) is 96.1 Å². The second-order valence-corrected chi connectivity index (χ2v) is 7.70. The van der Waals surface area contributed by atoms with Gasteiger partial charge in [-0.05, 0) is 47.1 Å². The quantitative estimate of drug-likeness (QED) is 0.333. The molecular formula is C20H36S. The summed E-state index contributed by atoms with van der Waals surface area (Å²) in [5.74, 6) is 0.783. The zero-order valence-corrected chi connectivity index (χ0v) is 15.4. The van der Waals surface area contributed by atoms with Gasteiger partial charge in [0.05, 0.1) is 0 Å². The topological polar surface area (TPSA) is 0 Å². The number of unbranched alkanes of at least 4 members (excludes halogenated alkanes) is 9. The normalized spacial score (nSPS) is 11.4. The smallest absolute Gasteiger partial charge is 0.00583 e. The summed E-state index contributed by atoms with van der Waals surface area (Å²) in [6.45, 7) is 6.93. The Balaban J connectivity index is 1.98. The van der Waals surface area contributed by atoms with Crippen LogP contribution in [0.3, 0.4) is 0 Å². The molecule has 21 heavy (non-hydrogen) atoms. The van der Waals surface area contributed by atoms with Crippen molar-refractivity contribution < 1.29 is 0 Å². The molecule has 1 rings (SSSR count). The van der Waals surface area contributed by atoms with Crippen molar-refractivity contribution in [2.75, 3.05) is 0 Å². The van der Waals surface area contributed by atoms with E-state index in [1.807, 2.05) is 11.3 Å². The molecule has 1 aromatic heterocycles. The van der Waals surface area contributed by atoms with E-state index in [9.17, 15) is 0 Å². The minimum absolute atomic E-state index is 0.783. The molecule has 0 radical (unpaired) electrons. The Labute approximate surface area is 137 Å². The van der Waals surface area contributed by atoms with Crippen molar-refractivity contribution in [3.63, 3.8) is 0 Å². The lowest BCUT2D eigenvalue weighted by Gasteiger charge is -2.07. The van der Waals surface area contributed by atoms with E-state index in [0.717, 1.165) is 5.92 Å². The Kier molecular flexibility index (Phi) is 10.9. The molecule has 0 atom stereocenters. The number of hydrogen-bond acceptors (Lipinski definition) is 1. The number of hydrogen-bond donors (Lipinski definition) is 0. The molecule has 0 spiro atoms. The standard InChI is InChI=1S/C20H36S/c1-4-5-6-7-8-9-10-11-12-13-14-19-16-21-17-20(19)15-18(2)3/h16-18H,4-15H2,1-3H3. The van der Waals surface area contributed by atoms with E-state index >= 15 is 0 Å². The van der Waals surface area contributed by atoms with Gasteiger partial charge in [-0.3, -0.25) is 0 Å². The van der Waals surface area contributed by atoms with Crippen LogP contribution in [0.5, 0.6) is 0 Å². The third-order valence-electron chi connectivity index (χ3n) is 4.26. The minimum Gasteiger partial charge on any atom is -0.152 e. The lowest BCUT2D eigenvalue weighted by atomic mass is 9.98. The summed E-state index contributed by atoms with van der Waals surface area (Å²) in [5, 5.41) is 4.75. The molecule has 0 bridgehead atoms. The molecule has 1 aromatic rings. The molecule has 0 fully saturated rings. The van der Waals surface area contributed by atoms with Crippen molar-refractivity contribution >= 4 is 11.3 Å². The molecule has 0 N–H and O–H groups in total. The van der Waals surface area contributed by atoms with E-state index in [-0.39, 0.29) is 0 Å². The molecule has 0 saturated heterocycles. The first-order valence-corrected chi connectivity index (χ1v) is 10.2. The molecule has 0 aliphatic heterocycles. The van der Waals surface area contributed by atoms with E-state index in [1.54, 1.807) is 11.1 Å². The third kappa shape index (κ3) is 9.34. The lowest BCUT2D eigenvalue weighted by molar-refractivity contribution is 0.555. The van der Waals surface area contributed by atoms with Gasteiger partial charge in [-0.1, -0.05) is 78.6 Å². The average Bonchev–Trinajstić information content (AvgIpc) is 2.87. The van der Waals surface area contributed by atoms with E-state index in [1.165, 1.54) is 77.0 Å². The maximum atomic E-state index is 2.38. The number of thiophene rings is 1. The van der Waals surface area contributed by atoms with E-state index in [2.05, 4.69) is 31.5 Å². The molecule has 1 heterocycles. The Morgan fingerprint density at radius 1 is 0.762 bits per heavy atom. The summed E-state index contributed by atoms with van der Waals surface area (Å²) in [6, 6.07) is 0. The summed E-state index contributed by atoms with van der Waals surface area (Å²) in [6.07, 6.45) is 16.9. The van der Waals surface area contributed by atoms with E-state index < -0.39 is 0 Å². The number of aryl methyl sites for hydroxylation is 1. The molecule has 0 nitrogen and oxygen atoms in total. The Bertz CT molecular complexity index is 337. The van der Waals surface area contributed by atoms with Crippen molar-refractivity contribution in [3.05, 3.63) is 21.9 Å². The zero-order valence-electron chi connectivity index (χ0n) is 14.6. The van der Waals surface area contributed by atoms with Crippen LogP contribution in [-0.2, 0) is 12.8 Å². The minimum atomic E-state index is 0.783. The highest BCUT2D eigenvalue weighted by atomic mass is 32.1. The molecule has 122 valence electrons. The van der Waals surface area contributed by atoms with Crippen LogP contribution in [0.25, 0.3) is 0 Å². The first-order valence-electron chi connectivity index (χ1n) is 9.28. The first kappa shape index (κ1) is 18.7. The van der Waals surface area contributed by atoms with Gasteiger partial charge in [0.15, 0.2) is 0 Å². The molecule has 1 heteroatoms. The summed E-state index contributed by atoms with van der Waals surface area (Å²) in [5.41, 5.74) is 3.25. The predicted octanol–water partition coefficient (Wildman–Crippen LogP) is 7.41. The van der Waals surface area contributed by atoms with Crippen LogP contribution in [0.15, 0.2) is 10.8 Å². The molecule has 0 saturated carbocycles. The highest BCUT2D eigenvalue weighted by molar-refractivity contribution is 7.08. The van der Waals surface area contributed by atoms with Crippen molar-refractivity contribution in [3.8, 4) is 0 Å². The Hall–Kier alpha value is -0.300. The lowest BCUT2D eigenvalue weighted by Crippen LogP contribution is -1.96. The van der Waals surface area contributed by atoms with Gasteiger partial charge in [0, 0.05) is 0 Å². The van der Waals surface area contributed by atoms with Gasteiger partial charge in [-0.25, -0.2) is 0 Å². The maximum absolute atomic E-state index is 2.38. The zero-order chi connectivity index (χ0) is 15.3. The fourth-order valence-electron chi connectivity index (χ4n) is 2.99. The van der Waals surface area contributed by atoms with Gasteiger partial charge < -0.3 is 0 Å². The summed E-state index contributed by atoms with van der Waals surface area (Å²) in [7, 11) is 0. The molecule has 0 aromatic carbocycles. The molecule has 0 aliphatic carbocycles. The highest BCUT2D eigenvalue weighted by Gasteiger charge is 2.05. The summed E-state index contributed by atoms with van der Waals surface area (Å²) < 4.78 is 0. The van der Waals surface area contributed by atoms with Gasteiger partial charge >= 0.3 is 0 Å². The predicted molar refractivity (Wildman–Crippen MR) is 98.4 cm³/mol.